The number of hydrogen-bond acceptors (Lipinski definition) is 4. The van der Waals surface area contributed by atoms with E-state index in [0.717, 1.165) is 6.42 Å². The second kappa shape index (κ2) is 6.23. The molecule has 3 fully saturated rings. The lowest BCUT2D eigenvalue weighted by atomic mass is 9.81. The van der Waals surface area contributed by atoms with Crippen LogP contribution in [0.5, 0.6) is 0 Å². The number of carbonyl (C=O) groups excluding carboxylic acids is 3. The zero-order valence-electron chi connectivity index (χ0n) is 13.5. The molecule has 7 atom stereocenters. The highest BCUT2D eigenvalue weighted by Gasteiger charge is 2.67. The normalized spacial score (nSPS) is 37.5. The van der Waals surface area contributed by atoms with Crippen LogP contribution in [0.1, 0.15) is 19.1 Å². The van der Waals surface area contributed by atoms with E-state index >= 15 is 0 Å². The first-order valence-electron chi connectivity index (χ1n) is 8.37. The Kier molecular flexibility index (Phi) is 4.30. The molecule has 1 aromatic heterocycles. The number of fused-ring (bicyclic) bond motifs is 5. The van der Waals surface area contributed by atoms with Crippen molar-refractivity contribution >= 4 is 49.6 Å². The zero-order valence-corrected chi connectivity index (χ0v) is 16.7. The number of halogens is 2. The summed E-state index contributed by atoms with van der Waals surface area (Å²) in [5.74, 6) is -0.417. The van der Waals surface area contributed by atoms with Gasteiger partial charge in [0, 0.05) is 9.65 Å². The van der Waals surface area contributed by atoms with E-state index in [-0.39, 0.29) is 57.6 Å². The van der Waals surface area contributed by atoms with Crippen LogP contribution in [0.25, 0.3) is 0 Å². The van der Waals surface area contributed by atoms with Crippen molar-refractivity contribution in [3.05, 3.63) is 24.2 Å². The molecule has 25 heavy (non-hydrogen) atoms. The maximum Gasteiger partial charge on any atom is 0.243 e. The fourth-order valence-corrected chi connectivity index (χ4v) is 6.48. The van der Waals surface area contributed by atoms with Gasteiger partial charge in [-0.15, -0.1) is 0 Å². The van der Waals surface area contributed by atoms with Gasteiger partial charge in [0.1, 0.15) is 11.8 Å². The molecule has 1 aromatic rings. The summed E-state index contributed by atoms with van der Waals surface area (Å²) in [5, 5.41) is 2.73. The molecule has 8 heteroatoms. The predicted molar refractivity (Wildman–Crippen MR) is 95.9 cm³/mol. The van der Waals surface area contributed by atoms with Crippen LogP contribution in [0.3, 0.4) is 0 Å². The van der Waals surface area contributed by atoms with E-state index in [1.807, 2.05) is 0 Å². The number of alkyl halides is 2. The second-order valence-electron chi connectivity index (χ2n) is 7.02. The molecule has 0 spiro atoms. The maximum atomic E-state index is 12.9. The Bertz CT molecular complexity index is 690. The molecule has 1 aliphatic heterocycles. The van der Waals surface area contributed by atoms with Crippen molar-refractivity contribution in [1.29, 1.82) is 0 Å². The summed E-state index contributed by atoms with van der Waals surface area (Å²) in [7, 11) is 0. The Balaban J connectivity index is 1.48. The molecule has 6 nitrogen and oxygen atoms in total. The van der Waals surface area contributed by atoms with E-state index in [2.05, 4.69) is 37.2 Å². The molecule has 1 N–H and O–H groups in total. The predicted octanol–water partition coefficient (Wildman–Crippen LogP) is 2.06. The van der Waals surface area contributed by atoms with Crippen LogP contribution >= 0.6 is 31.9 Å². The van der Waals surface area contributed by atoms with E-state index in [0.29, 0.717) is 5.76 Å². The third kappa shape index (κ3) is 2.51. The van der Waals surface area contributed by atoms with Gasteiger partial charge >= 0.3 is 0 Å². The quantitative estimate of drug-likeness (QED) is 0.536. The molecule has 3 aliphatic rings. The maximum absolute atomic E-state index is 12.9. The molecule has 0 radical (unpaired) electrons. The van der Waals surface area contributed by atoms with Gasteiger partial charge in [-0.25, -0.2) is 0 Å². The minimum absolute atomic E-state index is 0.152. The minimum Gasteiger partial charge on any atom is -0.467 e. The molecular formula is C17H18Br2N2O4. The van der Waals surface area contributed by atoms with Crippen molar-refractivity contribution in [2.24, 2.45) is 23.7 Å². The molecule has 1 saturated heterocycles. The number of likely N-dealkylation sites (tertiary alicyclic amines) is 1. The number of amides is 3. The largest absolute Gasteiger partial charge is 0.467 e. The summed E-state index contributed by atoms with van der Waals surface area (Å²) in [4.78, 5) is 39.8. The zero-order chi connectivity index (χ0) is 17.9. The van der Waals surface area contributed by atoms with Crippen molar-refractivity contribution in [3.8, 4) is 0 Å². The Morgan fingerprint density at radius 3 is 2.40 bits per heavy atom. The highest BCUT2D eigenvalue weighted by molar-refractivity contribution is 9.12. The third-order valence-corrected chi connectivity index (χ3v) is 9.01. The first-order chi connectivity index (χ1) is 11.9. The first-order valence-corrected chi connectivity index (χ1v) is 10.2. The SMILES string of the molecule is C[C@H](C(=O)NCc1ccco1)N1C(=O)[C@@H]2[C@H]3C[C@@H]([C@H](Br)[C@@H]3Br)[C@@H]2C1=O. The molecule has 2 bridgehead atoms. The van der Waals surface area contributed by atoms with E-state index in [9.17, 15) is 14.4 Å². The van der Waals surface area contributed by atoms with Crippen molar-refractivity contribution in [2.45, 2.75) is 35.6 Å². The van der Waals surface area contributed by atoms with Crippen molar-refractivity contribution in [2.75, 3.05) is 0 Å². The Morgan fingerprint density at radius 2 is 1.88 bits per heavy atom. The van der Waals surface area contributed by atoms with Crippen molar-refractivity contribution in [3.63, 3.8) is 0 Å². The molecule has 0 unspecified atom stereocenters. The van der Waals surface area contributed by atoms with Gasteiger partial charge in [0.25, 0.3) is 0 Å². The summed E-state index contributed by atoms with van der Waals surface area (Å²) < 4.78 is 5.18. The molecule has 4 rings (SSSR count). The molecule has 134 valence electrons. The number of rotatable bonds is 4. The van der Waals surface area contributed by atoms with Gasteiger partial charge in [-0.2, -0.15) is 0 Å². The van der Waals surface area contributed by atoms with Gasteiger partial charge in [-0.05, 0) is 37.3 Å². The van der Waals surface area contributed by atoms with Gasteiger partial charge < -0.3 is 9.73 Å². The van der Waals surface area contributed by atoms with Crippen LogP contribution in [0.4, 0.5) is 0 Å². The second-order valence-corrected chi connectivity index (χ2v) is 9.14. The topological polar surface area (TPSA) is 79.6 Å². The lowest BCUT2D eigenvalue weighted by Gasteiger charge is -2.28. The number of furan rings is 1. The highest BCUT2D eigenvalue weighted by Crippen LogP contribution is 2.60. The summed E-state index contributed by atoms with van der Waals surface area (Å²) in [6.07, 6.45) is 2.41. The number of nitrogens with zero attached hydrogens (tertiary/aromatic N) is 1. The van der Waals surface area contributed by atoms with E-state index in [1.54, 1.807) is 19.1 Å². The molecule has 0 aromatic carbocycles. The van der Waals surface area contributed by atoms with Crippen molar-refractivity contribution in [1.82, 2.24) is 10.2 Å². The molecule has 2 heterocycles. The van der Waals surface area contributed by atoms with Crippen LogP contribution < -0.4 is 5.32 Å². The first kappa shape index (κ1) is 17.3. The standard InChI is InChI=1S/C17H18Br2N2O4/c1-7(15(22)20-6-8-3-2-4-25-8)21-16(23)11-9-5-10(12(11)17(21)24)14(19)13(9)18/h2-4,7,9-14H,5-6H2,1H3,(H,20,22)/t7-,9-,10-,11-,12+,13-,14+/m1/s1. The number of nitrogens with one attached hydrogen (secondary N) is 1. The van der Waals surface area contributed by atoms with Gasteiger partial charge in [-0.1, -0.05) is 31.9 Å². The Labute approximate surface area is 161 Å². The van der Waals surface area contributed by atoms with Crippen LogP contribution in [0.2, 0.25) is 0 Å². The Hall–Kier alpha value is -1.15. The third-order valence-electron chi connectivity index (χ3n) is 5.80. The van der Waals surface area contributed by atoms with Gasteiger partial charge in [-0.3, -0.25) is 19.3 Å². The Morgan fingerprint density at radius 1 is 1.28 bits per heavy atom. The minimum atomic E-state index is -0.817. The van der Waals surface area contributed by atoms with E-state index < -0.39 is 6.04 Å². The fourth-order valence-electron chi connectivity index (χ4n) is 4.61. The molecule has 2 aliphatic carbocycles. The van der Waals surface area contributed by atoms with Crippen LogP contribution in [-0.4, -0.2) is 38.3 Å². The molecular weight excluding hydrogens is 456 g/mol. The molecule has 2 saturated carbocycles. The van der Waals surface area contributed by atoms with Gasteiger partial charge in [0.15, 0.2) is 0 Å². The number of hydrogen-bond donors (Lipinski definition) is 1. The fraction of sp³-hybridized carbons (Fsp3) is 0.588. The summed E-state index contributed by atoms with van der Waals surface area (Å²) in [6.45, 7) is 1.84. The number of carbonyl (C=O) groups is 3. The lowest BCUT2D eigenvalue weighted by molar-refractivity contribution is -0.148. The van der Waals surface area contributed by atoms with Gasteiger partial charge in [0.05, 0.1) is 24.6 Å². The van der Waals surface area contributed by atoms with Crippen LogP contribution in [0, 0.1) is 23.7 Å². The summed E-state index contributed by atoms with van der Waals surface area (Å²) in [6, 6.07) is 2.68. The van der Waals surface area contributed by atoms with E-state index in [4.69, 9.17) is 4.42 Å². The van der Waals surface area contributed by atoms with E-state index in [1.165, 1.54) is 11.2 Å². The van der Waals surface area contributed by atoms with Crippen LogP contribution in [-0.2, 0) is 20.9 Å². The van der Waals surface area contributed by atoms with Crippen molar-refractivity contribution < 1.29 is 18.8 Å². The smallest absolute Gasteiger partial charge is 0.243 e. The lowest BCUT2D eigenvalue weighted by Crippen LogP contribution is -2.48. The monoisotopic (exact) mass is 472 g/mol. The average molecular weight is 474 g/mol. The average Bonchev–Trinajstić information content (AvgIpc) is 3.33. The van der Waals surface area contributed by atoms with Gasteiger partial charge in [0.2, 0.25) is 17.7 Å². The van der Waals surface area contributed by atoms with Crippen LogP contribution in [0.15, 0.2) is 22.8 Å². The summed E-state index contributed by atoms with van der Waals surface area (Å²) >= 11 is 7.32. The summed E-state index contributed by atoms with van der Waals surface area (Å²) in [5.41, 5.74) is 0. The number of imide groups is 1. The highest BCUT2D eigenvalue weighted by atomic mass is 79.9. The molecule has 3 amide bonds.